The zero-order chi connectivity index (χ0) is 20.5. The molecule has 0 spiro atoms. The second kappa shape index (κ2) is 7.75. The highest BCUT2D eigenvalue weighted by molar-refractivity contribution is 7.16. The van der Waals surface area contributed by atoms with Gasteiger partial charge in [0.2, 0.25) is 5.95 Å². The fourth-order valence-electron chi connectivity index (χ4n) is 3.63. The molecule has 2 aromatic heterocycles. The summed E-state index contributed by atoms with van der Waals surface area (Å²) < 4.78 is 5.23. The molecule has 9 heteroatoms. The number of aromatic nitrogens is 2. The van der Waals surface area contributed by atoms with Crippen LogP contribution in [0.4, 0.5) is 22.2 Å². The van der Waals surface area contributed by atoms with Crippen molar-refractivity contribution in [2.75, 3.05) is 42.7 Å². The third-order valence-corrected chi connectivity index (χ3v) is 5.99. The topological polar surface area (TPSA) is 96.6 Å². The number of nitrogens with two attached hydrogens (primary N) is 1. The number of methoxy groups -OCH3 is 1. The molecule has 3 aromatic rings. The molecule has 1 atom stereocenters. The number of ether oxygens (including phenoxy) is 1. The van der Waals surface area contributed by atoms with Crippen LogP contribution in [0.1, 0.15) is 12.5 Å². The molecule has 4 rings (SSSR count). The predicted octanol–water partition coefficient (Wildman–Crippen LogP) is 3.33. The van der Waals surface area contributed by atoms with Crippen LogP contribution in [-0.2, 0) is 0 Å². The molecular formula is C20H24N6O2S. The Morgan fingerprint density at radius 1 is 1.31 bits per heavy atom. The van der Waals surface area contributed by atoms with Crippen LogP contribution in [0.2, 0.25) is 0 Å². The Morgan fingerprint density at radius 3 is 2.86 bits per heavy atom. The first-order chi connectivity index (χ1) is 14.0. The molecule has 0 aliphatic carbocycles. The van der Waals surface area contributed by atoms with E-state index in [9.17, 15) is 4.79 Å². The van der Waals surface area contributed by atoms with Crippen molar-refractivity contribution in [3.8, 4) is 5.75 Å². The molecule has 0 saturated carbocycles. The van der Waals surface area contributed by atoms with Crippen molar-refractivity contribution >= 4 is 45.0 Å². The number of nitrogens with zero attached hydrogens (tertiary/aromatic N) is 4. The van der Waals surface area contributed by atoms with E-state index in [0.717, 1.165) is 33.0 Å². The summed E-state index contributed by atoms with van der Waals surface area (Å²) >= 11 is 1.55. The SMILES string of the molecule is COc1ccc(NC(=O)N2CCN(c3nc(N)nc4sccc34)[C@@H](C)C2)c(C)c1. The minimum absolute atomic E-state index is 0.101. The van der Waals surface area contributed by atoms with Gasteiger partial charge in [0.25, 0.3) is 0 Å². The van der Waals surface area contributed by atoms with Crippen LogP contribution in [-0.4, -0.2) is 53.7 Å². The van der Waals surface area contributed by atoms with E-state index in [4.69, 9.17) is 10.5 Å². The van der Waals surface area contributed by atoms with Gasteiger partial charge in [0.05, 0.1) is 12.5 Å². The Morgan fingerprint density at radius 2 is 2.14 bits per heavy atom. The van der Waals surface area contributed by atoms with Crippen LogP contribution in [0.15, 0.2) is 29.6 Å². The van der Waals surface area contributed by atoms with Crippen LogP contribution in [0.25, 0.3) is 10.2 Å². The third kappa shape index (κ3) is 3.77. The number of fused-ring (bicyclic) bond motifs is 1. The molecule has 8 nitrogen and oxygen atoms in total. The highest BCUT2D eigenvalue weighted by Crippen LogP contribution is 2.31. The van der Waals surface area contributed by atoms with Crippen molar-refractivity contribution in [2.24, 2.45) is 0 Å². The number of rotatable bonds is 3. The fourth-order valence-corrected chi connectivity index (χ4v) is 4.39. The van der Waals surface area contributed by atoms with Gasteiger partial charge < -0.3 is 25.6 Å². The Kier molecular flexibility index (Phi) is 5.14. The van der Waals surface area contributed by atoms with E-state index in [-0.39, 0.29) is 18.0 Å². The molecular weight excluding hydrogens is 388 g/mol. The minimum Gasteiger partial charge on any atom is -0.497 e. The number of carbonyl (C=O) groups is 1. The van der Waals surface area contributed by atoms with Gasteiger partial charge in [0.1, 0.15) is 16.4 Å². The van der Waals surface area contributed by atoms with Crippen molar-refractivity contribution in [3.63, 3.8) is 0 Å². The molecule has 2 amide bonds. The van der Waals surface area contributed by atoms with Crippen molar-refractivity contribution in [3.05, 3.63) is 35.2 Å². The summed E-state index contributed by atoms with van der Waals surface area (Å²) in [6.45, 7) is 5.91. The summed E-state index contributed by atoms with van der Waals surface area (Å²) in [5, 5.41) is 6.01. The van der Waals surface area contributed by atoms with Crippen molar-refractivity contribution in [1.29, 1.82) is 0 Å². The first-order valence-corrected chi connectivity index (χ1v) is 10.3. The molecule has 152 valence electrons. The summed E-state index contributed by atoms with van der Waals surface area (Å²) in [6.07, 6.45) is 0. The first-order valence-electron chi connectivity index (χ1n) is 9.44. The van der Waals surface area contributed by atoms with E-state index in [2.05, 4.69) is 27.1 Å². The molecule has 3 N–H and O–H groups in total. The molecule has 1 aliphatic heterocycles. The summed E-state index contributed by atoms with van der Waals surface area (Å²) in [4.78, 5) is 26.5. The molecule has 0 radical (unpaired) electrons. The van der Waals surface area contributed by atoms with Crippen molar-refractivity contribution < 1.29 is 9.53 Å². The number of urea groups is 1. The number of nitrogen functional groups attached to an aromatic ring is 1. The van der Waals surface area contributed by atoms with Gasteiger partial charge in [-0.05, 0) is 49.1 Å². The zero-order valence-electron chi connectivity index (χ0n) is 16.7. The quantitative estimate of drug-likeness (QED) is 0.685. The fraction of sp³-hybridized carbons (Fsp3) is 0.350. The number of nitrogens with one attached hydrogen (secondary N) is 1. The van der Waals surface area contributed by atoms with Gasteiger partial charge in [-0.2, -0.15) is 4.98 Å². The number of hydrogen-bond donors (Lipinski definition) is 2. The van der Waals surface area contributed by atoms with E-state index in [1.54, 1.807) is 18.4 Å². The molecule has 1 aliphatic rings. The Labute approximate surface area is 173 Å². The van der Waals surface area contributed by atoms with E-state index in [0.29, 0.717) is 19.6 Å². The predicted molar refractivity (Wildman–Crippen MR) is 117 cm³/mol. The number of aryl methyl sites for hydroxylation is 1. The number of amides is 2. The number of hydrogen-bond acceptors (Lipinski definition) is 7. The number of anilines is 3. The maximum absolute atomic E-state index is 12.8. The normalized spacial score (nSPS) is 16.9. The third-order valence-electron chi connectivity index (χ3n) is 5.18. The van der Waals surface area contributed by atoms with E-state index in [1.807, 2.05) is 41.5 Å². The summed E-state index contributed by atoms with van der Waals surface area (Å²) in [7, 11) is 1.63. The summed E-state index contributed by atoms with van der Waals surface area (Å²) in [5.74, 6) is 1.89. The van der Waals surface area contributed by atoms with Gasteiger partial charge in [0, 0.05) is 31.4 Å². The molecule has 3 heterocycles. The molecule has 0 unspecified atom stereocenters. The van der Waals surface area contributed by atoms with Gasteiger partial charge in [-0.15, -0.1) is 11.3 Å². The molecule has 0 bridgehead atoms. The Balaban J connectivity index is 1.47. The highest BCUT2D eigenvalue weighted by Gasteiger charge is 2.29. The first kappa shape index (κ1) is 19.3. The van der Waals surface area contributed by atoms with Gasteiger partial charge in [-0.25, -0.2) is 9.78 Å². The maximum Gasteiger partial charge on any atom is 0.321 e. The van der Waals surface area contributed by atoms with E-state index < -0.39 is 0 Å². The standard InChI is InChI=1S/C20H24N6O2S/c1-12-10-14(28-3)4-5-16(12)22-20(27)25-7-8-26(13(2)11-25)17-15-6-9-29-18(15)24-19(21)23-17/h4-6,9-10,13H,7-8,11H2,1-3H3,(H,22,27)(H2,21,23,24)/t13-/m0/s1. The molecule has 29 heavy (non-hydrogen) atoms. The van der Waals surface area contributed by atoms with Crippen LogP contribution >= 0.6 is 11.3 Å². The summed E-state index contributed by atoms with van der Waals surface area (Å²) in [6, 6.07) is 7.63. The van der Waals surface area contributed by atoms with Gasteiger partial charge in [-0.1, -0.05) is 0 Å². The van der Waals surface area contributed by atoms with Crippen molar-refractivity contribution in [1.82, 2.24) is 14.9 Å². The number of benzene rings is 1. The van der Waals surface area contributed by atoms with Crippen LogP contribution in [0, 0.1) is 6.92 Å². The number of carbonyl (C=O) groups excluding carboxylic acids is 1. The number of thiophene rings is 1. The maximum atomic E-state index is 12.8. The van der Waals surface area contributed by atoms with Crippen molar-refractivity contribution in [2.45, 2.75) is 19.9 Å². The average molecular weight is 413 g/mol. The van der Waals surface area contributed by atoms with E-state index in [1.165, 1.54) is 0 Å². The highest BCUT2D eigenvalue weighted by atomic mass is 32.1. The number of piperazine rings is 1. The lowest BCUT2D eigenvalue weighted by Crippen LogP contribution is -2.55. The minimum atomic E-state index is -0.104. The van der Waals surface area contributed by atoms with Crippen LogP contribution in [0.5, 0.6) is 5.75 Å². The lowest BCUT2D eigenvalue weighted by molar-refractivity contribution is 0.200. The second-order valence-corrected chi connectivity index (χ2v) is 8.04. The van der Waals surface area contributed by atoms with Gasteiger partial charge in [0.15, 0.2) is 0 Å². The summed E-state index contributed by atoms with van der Waals surface area (Å²) in [5.41, 5.74) is 7.65. The van der Waals surface area contributed by atoms with Gasteiger partial charge in [-0.3, -0.25) is 0 Å². The van der Waals surface area contributed by atoms with Gasteiger partial charge >= 0.3 is 6.03 Å². The average Bonchev–Trinajstić information content (AvgIpc) is 3.17. The molecule has 1 aromatic carbocycles. The zero-order valence-corrected chi connectivity index (χ0v) is 17.5. The molecule has 1 fully saturated rings. The molecule has 1 saturated heterocycles. The second-order valence-electron chi connectivity index (χ2n) is 7.14. The largest absolute Gasteiger partial charge is 0.497 e. The lowest BCUT2D eigenvalue weighted by Gasteiger charge is -2.40. The smallest absolute Gasteiger partial charge is 0.321 e. The van der Waals surface area contributed by atoms with Crippen LogP contribution in [0.3, 0.4) is 0 Å². The monoisotopic (exact) mass is 412 g/mol. The Bertz CT molecular complexity index is 1050. The lowest BCUT2D eigenvalue weighted by atomic mass is 10.1. The van der Waals surface area contributed by atoms with Crippen LogP contribution < -0.4 is 20.7 Å². The Hall–Kier alpha value is -3.07. The van der Waals surface area contributed by atoms with E-state index >= 15 is 0 Å².